The first-order chi connectivity index (χ1) is 29.1. The monoisotopic (exact) mass is 949 g/mol. The minimum atomic E-state index is -2.02. The Morgan fingerprint density at radius 2 is 1.79 bits per heavy atom. The molecule has 0 fully saturated rings. The van der Waals surface area contributed by atoms with Crippen molar-refractivity contribution in [3.63, 3.8) is 0 Å². The summed E-state index contributed by atoms with van der Waals surface area (Å²) in [7, 11) is 0. The maximum atomic E-state index is 15.4. The Bertz CT molecular complexity index is 2550. The van der Waals surface area contributed by atoms with Gasteiger partial charge in [0.1, 0.15) is 18.5 Å². The smallest absolute Gasteiger partial charge is 0.343 e. The Morgan fingerprint density at radius 3 is 2.51 bits per heavy atom. The zero-order valence-corrected chi connectivity index (χ0v) is 35.9. The van der Waals surface area contributed by atoms with Crippen molar-refractivity contribution in [3.05, 3.63) is 97.6 Å². The highest BCUT2D eigenvalue weighted by molar-refractivity contribution is 14.1. The van der Waals surface area contributed by atoms with Gasteiger partial charge in [0.25, 0.3) is 5.56 Å². The van der Waals surface area contributed by atoms with Crippen molar-refractivity contribution in [2.45, 2.75) is 90.1 Å². The quantitative estimate of drug-likeness (QED) is 0.0475. The van der Waals surface area contributed by atoms with Crippen LogP contribution in [0.5, 0.6) is 0 Å². The Labute approximate surface area is 363 Å². The van der Waals surface area contributed by atoms with Crippen LogP contribution in [0.1, 0.15) is 84.5 Å². The molecule has 1 aliphatic carbocycles. The Hall–Kier alpha value is -5.76. The van der Waals surface area contributed by atoms with E-state index < -0.39 is 58.7 Å². The second-order valence-electron chi connectivity index (χ2n) is 15.5. The number of fused-ring (bicyclic) bond motifs is 5. The third-order valence-corrected chi connectivity index (χ3v) is 12.8. The summed E-state index contributed by atoms with van der Waals surface area (Å²) in [5.41, 5.74) is 2.53. The van der Waals surface area contributed by atoms with Gasteiger partial charge in [0.2, 0.25) is 29.5 Å². The van der Waals surface area contributed by atoms with Gasteiger partial charge in [-0.15, -0.1) is 0 Å². The zero-order valence-electron chi connectivity index (χ0n) is 33.8. The molecule has 16 nitrogen and oxygen atoms in total. The predicted molar refractivity (Wildman–Crippen MR) is 227 cm³/mol. The number of hydrogen-bond acceptors (Lipinski definition) is 10. The standard InChI is InChI=1S/C43H45FIN7O9/c1-4-43(60)28-16-33-39-26(20-51(33)41(58)27(28)21-61-42(43)59)38-32(13-12-25-22(2)29(44)17-30(50-39)37(25)38)52(45)36(56)11-8-14-46-34(54)18-48-40(57)31(15-24-9-6-5-7-10-24)49-35(55)19-47-23(3)53/h5-7,9-10,16-17,31-32,60H,4,8,11-15,18-21H2,1-3H3,(H,46,54)(H,47,53)(H,48,57)(H,49,55). The summed E-state index contributed by atoms with van der Waals surface area (Å²) in [6.07, 6.45) is 1.41. The summed E-state index contributed by atoms with van der Waals surface area (Å²) in [6, 6.07) is 10.5. The van der Waals surface area contributed by atoms with Crippen molar-refractivity contribution in [1.82, 2.24) is 33.9 Å². The van der Waals surface area contributed by atoms with Gasteiger partial charge in [0, 0.05) is 48.9 Å². The number of halogens is 2. The number of rotatable bonds is 14. The molecule has 320 valence electrons. The minimum absolute atomic E-state index is 0.0212. The van der Waals surface area contributed by atoms with Crippen LogP contribution in [0.3, 0.4) is 0 Å². The molecule has 2 aromatic carbocycles. The van der Waals surface area contributed by atoms with Gasteiger partial charge in [0.05, 0.1) is 71.0 Å². The molecule has 0 saturated heterocycles. The van der Waals surface area contributed by atoms with Crippen LogP contribution in [-0.2, 0) is 65.1 Å². The van der Waals surface area contributed by atoms with Crippen LogP contribution in [-0.4, -0.2) is 79.0 Å². The maximum absolute atomic E-state index is 15.4. The number of nitrogens with one attached hydrogen (secondary N) is 4. The third kappa shape index (κ3) is 8.46. The van der Waals surface area contributed by atoms with E-state index in [0.29, 0.717) is 40.9 Å². The number of pyridine rings is 2. The Morgan fingerprint density at radius 1 is 1.05 bits per heavy atom. The topological polar surface area (TPSA) is 218 Å². The van der Waals surface area contributed by atoms with E-state index in [2.05, 4.69) is 21.3 Å². The van der Waals surface area contributed by atoms with E-state index >= 15 is 4.39 Å². The molecule has 0 spiro atoms. The van der Waals surface area contributed by atoms with E-state index in [1.54, 1.807) is 47.3 Å². The second-order valence-corrected chi connectivity index (χ2v) is 16.5. The molecule has 18 heteroatoms. The summed E-state index contributed by atoms with van der Waals surface area (Å²) in [5.74, 6) is -3.54. The molecular formula is C43H45FIN7O9. The largest absolute Gasteiger partial charge is 0.458 e. The lowest BCUT2D eigenvalue weighted by atomic mass is 9.81. The van der Waals surface area contributed by atoms with Crippen LogP contribution in [0.25, 0.3) is 22.3 Å². The first-order valence-electron chi connectivity index (χ1n) is 20.0. The van der Waals surface area contributed by atoms with Gasteiger partial charge in [0.15, 0.2) is 5.60 Å². The molecule has 4 aromatic rings. The summed E-state index contributed by atoms with van der Waals surface area (Å²) in [6.45, 7) is 3.87. The first-order valence-corrected chi connectivity index (χ1v) is 21.0. The Kier molecular flexibility index (Phi) is 12.6. The molecule has 2 aromatic heterocycles. The summed E-state index contributed by atoms with van der Waals surface area (Å²) >= 11 is 1.99. The van der Waals surface area contributed by atoms with Crippen molar-refractivity contribution in [2.24, 2.45) is 0 Å². The molecule has 5 N–H and O–H groups in total. The molecule has 0 radical (unpaired) electrons. The number of nitrogens with zero attached hydrogens (tertiary/aromatic N) is 3. The van der Waals surface area contributed by atoms with Gasteiger partial charge in [-0.2, -0.15) is 0 Å². The van der Waals surface area contributed by atoms with E-state index in [1.807, 2.05) is 28.9 Å². The molecule has 2 aliphatic heterocycles. The number of amides is 5. The van der Waals surface area contributed by atoms with E-state index in [1.165, 1.54) is 17.6 Å². The number of cyclic esters (lactones) is 1. The molecule has 3 unspecified atom stereocenters. The summed E-state index contributed by atoms with van der Waals surface area (Å²) in [4.78, 5) is 94.9. The molecule has 0 bridgehead atoms. The number of esters is 1. The van der Waals surface area contributed by atoms with Gasteiger partial charge >= 0.3 is 5.97 Å². The molecule has 5 amide bonds. The van der Waals surface area contributed by atoms with Gasteiger partial charge in [-0.05, 0) is 60.9 Å². The minimum Gasteiger partial charge on any atom is -0.458 e. The molecule has 61 heavy (non-hydrogen) atoms. The van der Waals surface area contributed by atoms with Crippen LogP contribution in [0, 0.1) is 12.7 Å². The van der Waals surface area contributed by atoms with Gasteiger partial charge in [-0.3, -0.25) is 31.9 Å². The molecule has 7 rings (SSSR count). The van der Waals surface area contributed by atoms with Crippen molar-refractivity contribution in [2.75, 3.05) is 19.6 Å². The number of aryl methyl sites for hydroxylation is 1. The fraction of sp³-hybridized carbons (Fsp3) is 0.395. The molecule has 3 aliphatic rings. The number of carbonyl (C=O) groups is 6. The fourth-order valence-electron chi connectivity index (χ4n) is 8.37. The van der Waals surface area contributed by atoms with Crippen LogP contribution >= 0.6 is 22.9 Å². The molecule has 4 heterocycles. The first kappa shape index (κ1) is 43.3. The number of aliphatic hydroxyl groups is 1. The Balaban J connectivity index is 1.03. The highest BCUT2D eigenvalue weighted by atomic mass is 127. The zero-order chi connectivity index (χ0) is 43.7. The number of ether oxygens (including phenoxy) is 1. The number of aromatic nitrogens is 2. The second kappa shape index (κ2) is 17.7. The predicted octanol–water partition coefficient (Wildman–Crippen LogP) is 2.57. The average molecular weight is 950 g/mol. The lowest BCUT2D eigenvalue weighted by Gasteiger charge is -2.34. The number of benzene rings is 2. The SMILES string of the molecule is CCC1(O)C(=O)OCc2c1cc1n(c2=O)Cc2c-1nc1cc(F)c(C)c3c1c2C(N(I)C(=O)CCCNC(=O)CNC(=O)C(Cc1ccccc1)NC(=O)CNC(C)=O)CC3. The van der Waals surface area contributed by atoms with Gasteiger partial charge in [-0.25, -0.2) is 14.2 Å². The molecule has 3 atom stereocenters. The average Bonchev–Trinajstić information content (AvgIpc) is 3.62. The molecular weight excluding hydrogens is 904 g/mol. The number of carbonyl (C=O) groups excluding carboxylic acids is 6. The van der Waals surface area contributed by atoms with Crippen LogP contribution in [0.2, 0.25) is 0 Å². The highest BCUT2D eigenvalue weighted by Crippen LogP contribution is 2.48. The molecule has 0 saturated carbocycles. The lowest BCUT2D eigenvalue weighted by Crippen LogP contribution is -2.51. The number of hydrogen-bond donors (Lipinski definition) is 5. The lowest BCUT2D eigenvalue weighted by molar-refractivity contribution is -0.172. The van der Waals surface area contributed by atoms with Crippen molar-refractivity contribution >= 4 is 69.3 Å². The van der Waals surface area contributed by atoms with E-state index in [4.69, 9.17) is 9.72 Å². The highest BCUT2D eigenvalue weighted by Gasteiger charge is 2.46. The van der Waals surface area contributed by atoms with E-state index in [-0.39, 0.29) is 75.5 Å². The van der Waals surface area contributed by atoms with Crippen LogP contribution in [0.15, 0.2) is 47.3 Å². The van der Waals surface area contributed by atoms with Crippen LogP contribution in [0.4, 0.5) is 4.39 Å². The van der Waals surface area contributed by atoms with Crippen molar-refractivity contribution in [3.8, 4) is 11.4 Å². The summed E-state index contributed by atoms with van der Waals surface area (Å²) in [5, 5.41) is 22.3. The van der Waals surface area contributed by atoms with Gasteiger partial charge < -0.3 is 35.7 Å². The van der Waals surface area contributed by atoms with Crippen molar-refractivity contribution < 1.29 is 43.0 Å². The third-order valence-electron chi connectivity index (χ3n) is 11.6. The summed E-state index contributed by atoms with van der Waals surface area (Å²) < 4.78 is 23.7. The normalized spacial score (nSPS) is 17.6. The fourth-order valence-corrected chi connectivity index (χ4v) is 9.17. The van der Waals surface area contributed by atoms with Crippen LogP contribution < -0.4 is 26.8 Å². The van der Waals surface area contributed by atoms with E-state index in [9.17, 15) is 38.7 Å². The van der Waals surface area contributed by atoms with E-state index in [0.717, 1.165) is 22.1 Å². The maximum Gasteiger partial charge on any atom is 0.343 e. The van der Waals surface area contributed by atoms with Crippen molar-refractivity contribution in [1.29, 1.82) is 0 Å². The van der Waals surface area contributed by atoms with Gasteiger partial charge in [-0.1, -0.05) is 37.3 Å².